The first-order chi connectivity index (χ1) is 12.7. The maximum atomic E-state index is 5.99. The number of guanidine groups is 1. The fourth-order valence-electron chi connectivity index (χ4n) is 2.29. The fourth-order valence-corrected chi connectivity index (χ4v) is 2.48. The van der Waals surface area contributed by atoms with Crippen LogP contribution in [0.15, 0.2) is 56.6 Å². The van der Waals surface area contributed by atoms with Gasteiger partial charge in [-0.15, -0.1) is 24.0 Å². The first-order valence-electron chi connectivity index (χ1n) is 8.37. The van der Waals surface area contributed by atoms with Gasteiger partial charge in [-0.1, -0.05) is 28.9 Å². The second kappa shape index (κ2) is 10.9. The van der Waals surface area contributed by atoms with Gasteiger partial charge in [0.05, 0.1) is 6.26 Å². The normalized spacial score (nSPS) is 11.1. The highest BCUT2D eigenvalue weighted by Crippen LogP contribution is 2.19. The lowest BCUT2D eigenvalue weighted by molar-refractivity contribution is 0.378. The van der Waals surface area contributed by atoms with E-state index in [0.29, 0.717) is 42.2 Å². The summed E-state index contributed by atoms with van der Waals surface area (Å²) in [7, 11) is 0. The first kappa shape index (κ1) is 21.2. The predicted octanol–water partition coefficient (Wildman–Crippen LogP) is 3.90. The monoisotopic (exact) mass is 501 g/mol. The minimum atomic E-state index is 0. The molecule has 2 N–H and O–H groups in total. The number of aliphatic imine (C=N–C) groups is 1. The van der Waals surface area contributed by atoms with Gasteiger partial charge in [-0.3, -0.25) is 0 Å². The second-order valence-electron chi connectivity index (χ2n) is 5.47. The summed E-state index contributed by atoms with van der Waals surface area (Å²) >= 11 is 5.99. The molecule has 9 heteroatoms. The molecule has 7 nitrogen and oxygen atoms in total. The van der Waals surface area contributed by atoms with Crippen molar-refractivity contribution >= 4 is 41.5 Å². The number of nitrogens with zero attached hydrogens (tertiary/aromatic N) is 3. The Balaban J connectivity index is 0.00000261. The molecule has 27 heavy (non-hydrogen) atoms. The number of hydrogen-bond acceptors (Lipinski definition) is 5. The molecule has 0 atom stereocenters. The highest BCUT2D eigenvalue weighted by Gasteiger charge is 2.09. The van der Waals surface area contributed by atoms with Crippen LogP contribution < -0.4 is 10.6 Å². The van der Waals surface area contributed by atoms with Gasteiger partial charge < -0.3 is 19.6 Å². The number of nitrogens with one attached hydrogen (secondary N) is 2. The number of aromatic nitrogens is 2. The Hall–Kier alpha value is -2.07. The molecule has 0 saturated heterocycles. The summed E-state index contributed by atoms with van der Waals surface area (Å²) < 4.78 is 10.6. The second-order valence-corrected chi connectivity index (χ2v) is 5.91. The Bertz CT molecular complexity index is 851. The fraction of sp³-hybridized carbons (Fsp3) is 0.278. The molecule has 1 aromatic carbocycles. The smallest absolute Gasteiger partial charge is 0.228 e. The third kappa shape index (κ3) is 6.55. The summed E-state index contributed by atoms with van der Waals surface area (Å²) in [5, 5.41) is 11.1. The van der Waals surface area contributed by atoms with Gasteiger partial charge in [0.2, 0.25) is 11.7 Å². The molecule has 0 saturated carbocycles. The molecule has 0 aliphatic heterocycles. The van der Waals surface area contributed by atoms with Crippen LogP contribution in [0.1, 0.15) is 18.6 Å². The van der Waals surface area contributed by atoms with Crippen molar-refractivity contribution in [1.29, 1.82) is 0 Å². The van der Waals surface area contributed by atoms with Crippen LogP contribution in [0.3, 0.4) is 0 Å². The van der Waals surface area contributed by atoms with E-state index in [1.165, 1.54) is 0 Å². The zero-order valence-electron chi connectivity index (χ0n) is 14.8. The van der Waals surface area contributed by atoms with Gasteiger partial charge in [0.1, 0.15) is 12.3 Å². The van der Waals surface area contributed by atoms with Crippen LogP contribution in [0.5, 0.6) is 0 Å². The largest absolute Gasteiger partial charge is 0.467 e. The standard InChI is InChI=1S/C18H20ClN5O2.HI/c1-2-20-18(22-12-15-7-4-10-25-15)21-9-8-16-23-17(24-26-16)13-5-3-6-14(19)11-13;/h3-7,10-11H,2,8-9,12H2,1H3,(H2,20,21,22);1H. The van der Waals surface area contributed by atoms with Gasteiger partial charge in [0.25, 0.3) is 0 Å². The molecule has 0 unspecified atom stereocenters. The zero-order chi connectivity index (χ0) is 18.2. The van der Waals surface area contributed by atoms with E-state index in [-0.39, 0.29) is 24.0 Å². The van der Waals surface area contributed by atoms with Crippen LogP contribution in [0.2, 0.25) is 5.02 Å². The van der Waals surface area contributed by atoms with Gasteiger partial charge in [-0.2, -0.15) is 4.98 Å². The molecule has 0 bridgehead atoms. The van der Waals surface area contributed by atoms with Crippen LogP contribution in [-0.4, -0.2) is 29.2 Å². The van der Waals surface area contributed by atoms with Crippen molar-refractivity contribution in [1.82, 2.24) is 20.8 Å². The number of furan rings is 1. The number of benzene rings is 1. The van der Waals surface area contributed by atoms with E-state index >= 15 is 0 Å². The summed E-state index contributed by atoms with van der Waals surface area (Å²) in [6, 6.07) is 11.1. The number of halogens is 2. The minimum absolute atomic E-state index is 0. The highest BCUT2D eigenvalue weighted by atomic mass is 127. The average molecular weight is 502 g/mol. The number of rotatable bonds is 7. The molecule has 0 amide bonds. The molecule has 3 aromatic rings. The summed E-state index contributed by atoms with van der Waals surface area (Å²) in [6.07, 6.45) is 2.22. The van der Waals surface area contributed by atoms with E-state index in [4.69, 9.17) is 20.5 Å². The van der Waals surface area contributed by atoms with Gasteiger partial charge in [-0.25, -0.2) is 4.99 Å². The van der Waals surface area contributed by atoms with Crippen molar-refractivity contribution in [3.63, 3.8) is 0 Å². The molecule has 0 fully saturated rings. The Morgan fingerprint density at radius 2 is 2.11 bits per heavy atom. The third-order valence-corrected chi connectivity index (χ3v) is 3.73. The summed E-state index contributed by atoms with van der Waals surface area (Å²) in [5.41, 5.74) is 0.828. The molecule has 144 valence electrons. The molecule has 2 aromatic heterocycles. The van der Waals surface area contributed by atoms with Crippen LogP contribution in [0.25, 0.3) is 11.4 Å². The molecule has 0 aliphatic carbocycles. The summed E-state index contributed by atoms with van der Waals surface area (Å²) in [6.45, 7) is 3.87. The Kier molecular flexibility index (Phi) is 8.59. The minimum Gasteiger partial charge on any atom is -0.467 e. The van der Waals surface area contributed by atoms with Crippen molar-refractivity contribution in [2.75, 3.05) is 13.1 Å². The topological polar surface area (TPSA) is 88.5 Å². The van der Waals surface area contributed by atoms with Gasteiger partial charge >= 0.3 is 0 Å². The first-order valence-corrected chi connectivity index (χ1v) is 8.75. The molecular weight excluding hydrogens is 481 g/mol. The maximum absolute atomic E-state index is 5.99. The van der Waals surface area contributed by atoms with Crippen molar-refractivity contribution in [3.8, 4) is 11.4 Å². The van der Waals surface area contributed by atoms with Gasteiger partial charge in [-0.05, 0) is 31.2 Å². The lowest BCUT2D eigenvalue weighted by Crippen LogP contribution is -2.38. The van der Waals surface area contributed by atoms with Gasteiger partial charge in [0, 0.05) is 30.1 Å². The maximum Gasteiger partial charge on any atom is 0.228 e. The van der Waals surface area contributed by atoms with Crippen molar-refractivity contribution in [2.24, 2.45) is 4.99 Å². The van der Waals surface area contributed by atoms with Crippen molar-refractivity contribution in [2.45, 2.75) is 19.9 Å². The Morgan fingerprint density at radius 1 is 1.22 bits per heavy atom. The molecule has 3 rings (SSSR count). The number of hydrogen-bond donors (Lipinski definition) is 2. The predicted molar refractivity (Wildman–Crippen MR) is 115 cm³/mol. The van der Waals surface area contributed by atoms with Crippen LogP contribution >= 0.6 is 35.6 Å². The summed E-state index contributed by atoms with van der Waals surface area (Å²) in [5.74, 6) is 2.60. The van der Waals surface area contributed by atoms with E-state index < -0.39 is 0 Å². The molecule has 2 heterocycles. The SMILES string of the molecule is CCNC(=NCc1ccco1)NCCc1nc(-c2cccc(Cl)c2)no1.I. The van der Waals surface area contributed by atoms with E-state index in [1.807, 2.05) is 31.2 Å². The third-order valence-electron chi connectivity index (χ3n) is 3.50. The van der Waals surface area contributed by atoms with Crippen LogP contribution in [-0.2, 0) is 13.0 Å². The van der Waals surface area contributed by atoms with Crippen LogP contribution in [0, 0.1) is 0 Å². The molecular formula is C18H21ClIN5O2. The Morgan fingerprint density at radius 3 is 2.85 bits per heavy atom. The van der Waals surface area contributed by atoms with E-state index in [1.54, 1.807) is 18.4 Å². The average Bonchev–Trinajstić information content (AvgIpc) is 3.32. The van der Waals surface area contributed by atoms with E-state index in [0.717, 1.165) is 17.9 Å². The summed E-state index contributed by atoms with van der Waals surface area (Å²) in [4.78, 5) is 8.87. The molecule has 0 aliphatic rings. The Labute approximate surface area is 179 Å². The van der Waals surface area contributed by atoms with E-state index in [2.05, 4.69) is 25.8 Å². The quantitative estimate of drug-likeness (QED) is 0.290. The lowest BCUT2D eigenvalue weighted by Gasteiger charge is -2.09. The highest BCUT2D eigenvalue weighted by molar-refractivity contribution is 14.0. The molecule has 0 spiro atoms. The van der Waals surface area contributed by atoms with E-state index in [9.17, 15) is 0 Å². The van der Waals surface area contributed by atoms with Gasteiger partial charge in [0.15, 0.2) is 5.96 Å². The van der Waals surface area contributed by atoms with Crippen molar-refractivity contribution < 1.29 is 8.94 Å². The zero-order valence-corrected chi connectivity index (χ0v) is 17.9. The lowest BCUT2D eigenvalue weighted by atomic mass is 10.2. The molecule has 0 radical (unpaired) electrons. The van der Waals surface area contributed by atoms with Crippen LogP contribution in [0.4, 0.5) is 0 Å². The van der Waals surface area contributed by atoms with Crippen molar-refractivity contribution in [3.05, 3.63) is 59.3 Å².